The Kier molecular flexibility index (Phi) is 3.65. The molecule has 3 rings (SSSR count). The molecule has 0 radical (unpaired) electrons. The number of nitrogens with one attached hydrogen (secondary N) is 1. The molecule has 0 atom stereocenters. The van der Waals surface area contributed by atoms with Crippen molar-refractivity contribution in [3.63, 3.8) is 0 Å². The molecule has 0 aromatic heterocycles. The number of carbonyl (C=O) groups is 1. The van der Waals surface area contributed by atoms with E-state index in [0.29, 0.717) is 6.54 Å². The molecule has 0 spiro atoms. The Bertz CT molecular complexity index is 679. The highest BCUT2D eigenvalue weighted by molar-refractivity contribution is 6.07. The van der Waals surface area contributed by atoms with Crippen molar-refractivity contribution in [2.45, 2.75) is 20.3 Å². The van der Waals surface area contributed by atoms with Gasteiger partial charge in [0.1, 0.15) is 0 Å². The van der Waals surface area contributed by atoms with Crippen molar-refractivity contribution in [1.29, 1.82) is 0 Å². The molecule has 3 nitrogen and oxygen atoms in total. The van der Waals surface area contributed by atoms with E-state index in [9.17, 15) is 4.79 Å². The highest BCUT2D eigenvalue weighted by atomic mass is 16.2. The third-order valence-electron chi connectivity index (χ3n) is 4.03. The molecule has 3 heteroatoms. The lowest BCUT2D eigenvalue weighted by molar-refractivity contribution is 0.0988. The quantitative estimate of drug-likeness (QED) is 0.931. The highest BCUT2D eigenvalue weighted by Crippen LogP contribution is 2.26. The van der Waals surface area contributed by atoms with Crippen molar-refractivity contribution < 1.29 is 4.79 Å². The lowest BCUT2D eigenvalue weighted by atomic mass is 10.1. The fourth-order valence-electron chi connectivity index (χ4n) is 2.87. The van der Waals surface area contributed by atoms with Gasteiger partial charge in [-0.15, -0.1) is 0 Å². The number of amides is 1. The maximum Gasteiger partial charge on any atom is 0.258 e. The zero-order valence-electron chi connectivity index (χ0n) is 12.5. The molecule has 0 bridgehead atoms. The van der Waals surface area contributed by atoms with E-state index in [0.717, 1.165) is 35.5 Å². The van der Waals surface area contributed by atoms with E-state index in [2.05, 4.69) is 11.4 Å². The van der Waals surface area contributed by atoms with E-state index in [1.165, 1.54) is 5.56 Å². The summed E-state index contributed by atoms with van der Waals surface area (Å²) in [6, 6.07) is 14.0. The van der Waals surface area contributed by atoms with Crippen LogP contribution in [0.2, 0.25) is 0 Å². The van der Waals surface area contributed by atoms with Gasteiger partial charge < -0.3 is 10.2 Å². The monoisotopic (exact) mass is 280 g/mol. The molecule has 1 aliphatic heterocycles. The summed E-state index contributed by atoms with van der Waals surface area (Å²) in [5.41, 5.74) is 5.24. The van der Waals surface area contributed by atoms with Gasteiger partial charge in [0.15, 0.2) is 0 Å². The predicted octanol–water partition coefficient (Wildman–Crippen LogP) is 3.63. The molecule has 21 heavy (non-hydrogen) atoms. The minimum absolute atomic E-state index is 0.0586. The second-order valence-corrected chi connectivity index (χ2v) is 5.38. The van der Waals surface area contributed by atoms with Crippen molar-refractivity contribution in [3.8, 4) is 0 Å². The van der Waals surface area contributed by atoms with E-state index < -0.39 is 0 Å². The lowest BCUT2D eigenvalue weighted by Gasteiger charge is -2.23. The third kappa shape index (κ3) is 2.51. The summed E-state index contributed by atoms with van der Waals surface area (Å²) in [7, 11) is 0. The number of para-hydroxylation sites is 1. The number of benzene rings is 2. The Morgan fingerprint density at radius 2 is 2.05 bits per heavy atom. The predicted molar refractivity (Wildman–Crippen MR) is 87.2 cm³/mol. The first kappa shape index (κ1) is 13.7. The average Bonchev–Trinajstić information content (AvgIpc) is 2.97. The van der Waals surface area contributed by atoms with Crippen molar-refractivity contribution >= 4 is 17.3 Å². The standard InChI is InChI=1S/C18H20N2O/c1-3-20(17-7-5-4-6-13(17)2)18(21)15-9-8-14-10-11-19-16(14)12-15/h4-9,12,19H,3,10-11H2,1-2H3. The molecule has 0 saturated carbocycles. The third-order valence-corrected chi connectivity index (χ3v) is 4.03. The van der Waals surface area contributed by atoms with Gasteiger partial charge in [-0.2, -0.15) is 0 Å². The Labute approximate surface area is 125 Å². The van der Waals surface area contributed by atoms with Crippen LogP contribution in [0.4, 0.5) is 11.4 Å². The van der Waals surface area contributed by atoms with Crippen molar-refractivity contribution in [1.82, 2.24) is 0 Å². The summed E-state index contributed by atoms with van der Waals surface area (Å²) in [5.74, 6) is 0.0586. The summed E-state index contributed by atoms with van der Waals surface area (Å²) in [4.78, 5) is 14.7. The van der Waals surface area contributed by atoms with Crippen LogP contribution in [0, 0.1) is 6.92 Å². The number of hydrogen-bond donors (Lipinski definition) is 1. The van der Waals surface area contributed by atoms with Crippen molar-refractivity contribution in [3.05, 3.63) is 59.2 Å². The number of aryl methyl sites for hydroxylation is 1. The van der Waals surface area contributed by atoms with Crippen LogP contribution in [-0.2, 0) is 6.42 Å². The SMILES string of the molecule is CCN(C(=O)c1ccc2c(c1)NCC2)c1ccccc1C. The van der Waals surface area contributed by atoms with Gasteiger partial charge in [0.05, 0.1) is 0 Å². The van der Waals surface area contributed by atoms with E-state index in [1.807, 2.05) is 55.1 Å². The van der Waals surface area contributed by atoms with Crippen LogP contribution in [0.5, 0.6) is 0 Å². The average molecular weight is 280 g/mol. The molecule has 0 saturated heterocycles. The summed E-state index contributed by atoms with van der Waals surface area (Å²) in [6.07, 6.45) is 1.04. The number of rotatable bonds is 3. The van der Waals surface area contributed by atoms with Crippen LogP contribution < -0.4 is 10.2 Å². The Balaban J connectivity index is 1.94. The summed E-state index contributed by atoms with van der Waals surface area (Å²) in [6.45, 7) is 5.67. The first-order valence-corrected chi connectivity index (χ1v) is 7.45. The topological polar surface area (TPSA) is 32.3 Å². The number of fused-ring (bicyclic) bond motifs is 1. The van der Waals surface area contributed by atoms with Gasteiger partial charge in [-0.1, -0.05) is 24.3 Å². The fourth-order valence-corrected chi connectivity index (χ4v) is 2.87. The smallest absolute Gasteiger partial charge is 0.258 e. The van der Waals surface area contributed by atoms with Gasteiger partial charge in [0.25, 0.3) is 5.91 Å². The number of hydrogen-bond acceptors (Lipinski definition) is 2. The zero-order valence-corrected chi connectivity index (χ0v) is 12.5. The molecular weight excluding hydrogens is 260 g/mol. The van der Waals surface area contributed by atoms with Gasteiger partial charge in [0, 0.05) is 30.0 Å². The van der Waals surface area contributed by atoms with E-state index in [1.54, 1.807) is 0 Å². The molecule has 108 valence electrons. The van der Waals surface area contributed by atoms with Gasteiger partial charge in [-0.25, -0.2) is 0 Å². The highest BCUT2D eigenvalue weighted by Gasteiger charge is 2.19. The number of nitrogens with zero attached hydrogens (tertiary/aromatic N) is 1. The molecule has 1 amide bonds. The van der Waals surface area contributed by atoms with Gasteiger partial charge in [-0.05, 0) is 49.6 Å². The first-order valence-electron chi connectivity index (χ1n) is 7.45. The summed E-state index contributed by atoms with van der Waals surface area (Å²) in [5, 5.41) is 3.33. The number of anilines is 2. The Hall–Kier alpha value is -2.29. The van der Waals surface area contributed by atoms with Crippen LogP contribution in [0.15, 0.2) is 42.5 Å². The second-order valence-electron chi connectivity index (χ2n) is 5.38. The molecule has 1 heterocycles. The maximum atomic E-state index is 12.8. The molecule has 2 aromatic carbocycles. The second kappa shape index (κ2) is 5.60. The molecule has 1 N–H and O–H groups in total. The Morgan fingerprint density at radius 1 is 1.24 bits per heavy atom. The van der Waals surface area contributed by atoms with Crippen molar-refractivity contribution in [2.75, 3.05) is 23.3 Å². The minimum Gasteiger partial charge on any atom is -0.384 e. The van der Waals surface area contributed by atoms with Crippen LogP contribution in [0.3, 0.4) is 0 Å². The van der Waals surface area contributed by atoms with E-state index in [-0.39, 0.29) is 5.91 Å². The zero-order chi connectivity index (χ0) is 14.8. The summed E-state index contributed by atoms with van der Waals surface area (Å²) >= 11 is 0. The van der Waals surface area contributed by atoms with Crippen molar-refractivity contribution in [2.24, 2.45) is 0 Å². The van der Waals surface area contributed by atoms with Crippen LogP contribution in [0.25, 0.3) is 0 Å². The summed E-state index contributed by atoms with van der Waals surface area (Å²) < 4.78 is 0. The maximum absolute atomic E-state index is 12.8. The molecule has 0 fully saturated rings. The van der Waals surface area contributed by atoms with E-state index >= 15 is 0 Å². The van der Waals surface area contributed by atoms with Crippen LogP contribution >= 0.6 is 0 Å². The van der Waals surface area contributed by atoms with E-state index in [4.69, 9.17) is 0 Å². The first-order chi connectivity index (χ1) is 10.2. The normalized spacial score (nSPS) is 12.7. The van der Waals surface area contributed by atoms with Crippen LogP contribution in [-0.4, -0.2) is 19.0 Å². The fraction of sp³-hybridized carbons (Fsp3) is 0.278. The van der Waals surface area contributed by atoms with Gasteiger partial charge in [0.2, 0.25) is 0 Å². The molecule has 0 unspecified atom stereocenters. The molecule has 2 aromatic rings. The molecular formula is C18H20N2O. The van der Waals surface area contributed by atoms with Gasteiger partial charge >= 0.3 is 0 Å². The Morgan fingerprint density at radius 3 is 2.81 bits per heavy atom. The number of carbonyl (C=O) groups excluding carboxylic acids is 1. The lowest BCUT2D eigenvalue weighted by Crippen LogP contribution is -2.31. The largest absolute Gasteiger partial charge is 0.384 e. The van der Waals surface area contributed by atoms with Crippen LogP contribution in [0.1, 0.15) is 28.4 Å². The molecule has 1 aliphatic rings. The minimum atomic E-state index is 0.0586. The molecule has 0 aliphatic carbocycles. The van der Waals surface area contributed by atoms with Gasteiger partial charge in [-0.3, -0.25) is 4.79 Å².